The molecule has 11 heteroatoms. The first-order valence-electron chi connectivity index (χ1n) is 11.3. The van der Waals surface area contributed by atoms with Gasteiger partial charge < -0.3 is 19.0 Å². The molecule has 1 fully saturated rings. The lowest BCUT2D eigenvalue weighted by Crippen LogP contribution is -2.50. The van der Waals surface area contributed by atoms with Crippen molar-refractivity contribution < 1.29 is 40.0 Å². The highest BCUT2D eigenvalue weighted by Gasteiger charge is 2.48. The molecule has 2 aromatic carbocycles. The lowest BCUT2D eigenvalue weighted by Gasteiger charge is -2.36. The van der Waals surface area contributed by atoms with Gasteiger partial charge in [-0.05, 0) is 56.2 Å². The molecular formula is C25H30F3NO6S. The third-order valence-corrected chi connectivity index (χ3v) is 6.74. The van der Waals surface area contributed by atoms with E-state index >= 15 is 0 Å². The minimum Gasteiger partial charge on any atom is -0.490 e. The maximum Gasteiger partial charge on any atom is 0.534 e. The van der Waals surface area contributed by atoms with E-state index in [4.69, 9.17) is 9.47 Å². The fourth-order valence-corrected chi connectivity index (χ4v) is 4.12. The zero-order valence-electron chi connectivity index (χ0n) is 20.7. The van der Waals surface area contributed by atoms with E-state index in [9.17, 15) is 26.4 Å². The number of halogens is 3. The van der Waals surface area contributed by atoms with Gasteiger partial charge in [-0.1, -0.05) is 38.1 Å². The van der Waals surface area contributed by atoms with Crippen LogP contribution in [-0.2, 0) is 20.3 Å². The number of hydrogen-bond acceptors (Lipinski definition) is 6. The Morgan fingerprint density at radius 3 is 1.78 bits per heavy atom. The Morgan fingerprint density at radius 1 is 0.861 bits per heavy atom. The topological polar surface area (TPSA) is 90.9 Å². The Labute approximate surface area is 209 Å². The van der Waals surface area contributed by atoms with Gasteiger partial charge in [-0.15, -0.1) is 0 Å². The summed E-state index contributed by atoms with van der Waals surface area (Å²) in [5, 5.41) is 2.82. The van der Waals surface area contributed by atoms with Crippen molar-refractivity contribution in [3.05, 3.63) is 59.7 Å². The first-order chi connectivity index (χ1) is 16.5. The molecule has 2 aromatic rings. The van der Waals surface area contributed by atoms with Crippen LogP contribution in [-0.4, -0.2) is 37.8 Å². The second-order valence-corrected chi connectivity index (χ2v) is 11.7. The minimum atomic E-state index is -5.72. The molecule has 0 atom stereocenters. The van der Waals surface area contributed by atoms with Gasteiger partial charge in [0.05, 0.1) is 0 Å². The summed E-state index contributed by atoms with van der Waals surface area (Å²) in [5.74, 6) is 0.256. The van der Waals surface area contributed by atoms with Crippen LogP contribution in [0.1, 0.15) is 58.6 Å². The van der Waals surface area contributed by atoms with E-state index < -0.39 is 38.5 Å². The number of carbonyl (C=O) groups excluding carboxylic acids is 1. The van der Waals surface area contributed by atoms with Crippen molar-refractivity contribution in [2.45, 2.75) is 76.1 Å². The third-order valence-electron chi connectivity index (χ3n) is 5.76. The maximum atomic E-state index is 12.5. The largest absolute Gasteiger partial charge is 0.534 e. The van der Waals surface area contributed by atoms with Gasteiger partial charge in [-0.2, -0.15) is 21.6 Å². The molecule has 36 heavy (non-hydrogen) atoms. The second-order valence-electron chi connectivity index (χ2n) is 10.2. The number of benzene rings is 2. The molecule has 7 nitrogen and oxygen atoms in total. The summed E-state index contributed by atoms with van der Waals surface area (Å²) < 4.78 is 75.3. The Morgan fingerprint density at radius 2 is 1.33 bits per heavy atom. The van der Waals surface area contributed by atoms with Gasteiger partial charge >= 0.3 is 21.7 Å². The number of alkyl halides is 3. The van der Waals surface area contributed by atoms with Gasteiger partial charge in [0.2, 0.25) is 0 Å². The number of hydrogen-bond donors (Lipinski definition) is 1. The molecule has 198 valence electrons. The maximum absolute atomic E-state index is 12.5. The summed E-state index contributed by atoms with van der Waals surface area (Å²) in [6, 6.07) is 12.9. The fraction of sp³-hybridized carbons (Fsp3) is 0.480. The van der Waals surface area contributed by atoms with Gasteiger partial charge in [0.15, 0.2) is 0 Å². The van der Waals surface area contributed by atoms with Crippen molar-refractivity contribution in [3.63, 3.8) is 0 Å². The molecule has 0 bridgehead atoms. The van der Waals surface area contributed by atoms with Crippen LogP contribution in [0.5, 0.6) is 11.5 Å². The Hall–Kier alpha value is -2.95. The molecule has 3 rings (SSSR count). The quantitative estimate of drug-likeness (QED) is 0.367. The van der Waals surface area contributed by atoms with Crippen molar-refractivity contribution in [1.29, 1.82) is 0 Å². The summed E-state index contributed by atoms with van der Waals surface area (Å²) >= 11 is 0. The second kappa shape index (κ2) is 9.84. The molecule has 1 aliphatic rings. The summed E-state index contributed by atoms with van der Waals surface area (Å²) in [4.78, 5) is 11.8. The molecule has 1 saturated carbocycles. The van der Waals surface area contributed by atoms with Crippen LogP contribution in [0.2, 0.25) is 0 Å². The predicted octanol–water partition coefficient (Wildman–Crippen LogP) is 5.68. The molecule has 1 N–H and O–H groups in total. The van der Waals surface area contributed by atoms with Crippen LogP contribution in [0.15, 0.2) is 48.5 Å². The Balaban J connectivity index is 1.56. The van der Waals surface area contributed by atoms with E-state index in [1.54, 1.807) is 20.8 Å². The minimum absolute atomic E-state index is 0.00104. The molecule has 0 unspecified atom stereocenters. The van der Waals surface area contributed by atoms with Crippen LogP contribution in [0.4, 0.5) is 18.0 Å². The standard InChI is InChI=1S/C25H30F3NO6S/c1-23(2,3)34-22(30)29-18-14-21(15-18)33-19-10-6-16(7-11-19)24(4,5)17-8-12-20(13-9-17)35-36(31,32)25(26,27)28/h6-13,18,21H,14-15H2,1-5H3,(H,29,30). The summed E-state index contributed by atoms with van der Waals surface area (Å²) in [5.41, 5.74) is -4.90. The number of nitrogens with one attached hydrogen (secondary N) is 1. The molecule has 0 aliphatic heterocycles. The van der Waals surface area contributed by atoms with Crippen LogP contribution in [0, 0.1) is 0 Å². The van der Waals surface area contributed by atoms with Crippen molar-refractivity contribution in [1.82, 2.24) is 5.32 Å². The molecule has 1 aliphatic carbocycles. The fourth-order valence-electron chi connectivity index (χ4n) is 3.66. The monoisotopic (exact) mass is 529 g/mol. The van der Waals surface area contributed by atoms with Crippen molar-refractivity contribution in [2.75, 3.05) is 0 Å². The van der Waals surface area contributed by atoms with Crippen LogP contribution < -0.4 is 14.2 Å². The van der Waals surface area contributed by atoms with E-state index in [1.165, 1.54) is 24.3 Å². The predicted molar refractivity (Wildman–Crippen MR) is 127 cm³/mol. The summed E-state index contributed by atoms with van der Waals surface area (Å²) in [6.45, 7) is 9.28. The van der Waals surface area contributed by atoms with E-state index in [0.29, 0.717) is 18.6 Å². The molecule has 0 heterocycles. The zero-order chi connectivity index (χ0) is 26.9. The van der Waals surface area contributed by atoms with Gasteiger partial charge in [-0.3, -0.25) is 0 Å². The van der Waals surface area contributed by atoms with Gasteiger partial charge in [0.1, 0.15) is 23.2 Å². The van der Waals surface area contributed by atoms with Gasteiger partial charge in [-0.25, -0.2) is 4.79 Å². The summed E-state index contributed by atoms with van der Waals surface area (Å²) in [7, 11) is -5.72. The highest BCUT2D eigenvalue weighted by Crippen LogP contribution is 2.35. The van der Waals surface area contributed by atoms with Crippen LogP contribution in [0.3, 0.4) is 0 Å². The smallest absolute Gasteiger partial charge is 0.490 e. The number of carbonyl (C=O) groups is 1. The van der Waals surface area contributed by atoms with Gasteiger partial charge in [0.25, 0.3) is 0 Å². The SMILES string of the molecule is CC(C)(C)OC(=O)NC1CC(Oc2ccc(C(C)(C)c3ccc(OS(=O)(=O)C(F)(F)F)cc3)cc2)C1. The zero-order valence-corrected chi connectivity index (χ0v) is 21.5. The number of rotatable bonds is 7. The van der Waals surface area contributed by atoms with Crippen molar-refractivity contribution >= 4 is 16.2 Å². The summed E-state index contributed by atoms with van der Waals surface area (Å²) in [6.07, 6.45) is 0.874. The Bertz CT molecular complexity index is 1160. The first-order valence-corrected chi connectivity index (χ1v) is 12.8. The molecule has 0 saturated heterocycles. The molecule has 0 spiro atoms. The molecule has 0 radical (unpaired) electrons. The van der Waals surface area contributed by atoms with E-state index in [0.717, 1.165) is 11.1 Å². The van der Waals surface area contributed by atoms with Crippen molar-refractivity contribution in [2.24, 2.45) is 0 Å². The molecule has 0 aromatic heterocycles. The first kappa shape index (κ1) is 27.6. The van der Waals surface area contributed by atoms with E-state index in [-0.39, 0.29) is 12.1 Å². The average Bonchev–Trinajstić information content (AvgIpc) is 2.70. The molecular weight excluding hydrogens is 499 g/mol. The lowest BCUT2D eigenvalue weighted by atomic mass is 9.78. The Kier molecular flexibility index (Phi) is 7.55. The van der Waals surface area contributed by atoms with Crippen molar-refractivity contribution in [3.8, 4) is 11.5 Å². The van der Waals surface area contributed by atoms with Crippen LogP contribution >= 0.6 is 0 Å². The highest BCUT2D eigenvalue weighted by molar-refractivity contribution is 7.88. The van der Waals surface area contributed by atoms with E-state index in [2.05, 4.69) is 9.50 Å². The normalized spacial score (nSPS) is 18.7. The number of ether oxygens (including phenoxy) is 2. The number of alkyl carbamates (subject to hydrolysis) is 1. The van der Waals surface area contributed by atoms with E-state index in [1.807, 2.05) is 38.1 Å². The van der Waals surface area contributed by atoms with Crippen LogP contribution in [0.25, 0.3) is 0 Å². The third kappa shape index (κ3) is 6.83. The number of amides is 1. The lowest BCUT2D eigenvalue weighted by molar-refractivity contribution is -0.0500. The average molecular weight is 530 g/mol. The van der Waals surface area contributed by atoms with Gasteiger partial charge in [0, 0.05) is 24.3 Å². The molecule has 1 amide bonds. The highest BCUT2D eigenvalue weighted by atomic mass is 32.2.